The van der Waals surface area contributed by atoms with Gasteiger partial charge >= 0.3 is 0 Å². The van der Waals surface area contributed by atoms with Gasteiger partial charge in [-0.1, -0.05) is 18.2 Å². The van der Waals surface area contributed by atoms with E-state index in [1.54, 1.807) is 13.0 Å². The molecular formula is C14H12F3N. The second-order valence-electron chi connectivity index (χ2n) is 4.17. The van der Waals surface area contributed by atoms with Crippen molar-refractivity contribution in [2.45, 2.75) is 13.0 Å². The molecule has 1 atom stereocenters. The van der Waals surface area contributed by atoms with E-state index in [9.17, 15) is 13.2 Å². The van der Waals surface area contributed by atoms with Gasteiger partial charge in [-0.05, 0) is 24.6 Å². The van der Waals surface area contributed by atoms with Crippen LogP contribution in [0.5, 0.6) is 0 Å². The minimum absolute atomic E-state index is 0.0687. The molecule has 0 heterocycles. The van der Waals surface area contributed by atoms with Crippen molar-refractivity contribution in [2.75, 3.05) is 0 Å². The molecular weight excluding hydrogens is 239 g/mol. The van der Waals surface area contributed by atoms with Gasteiger partial charge in [-0.2, -0.15) is 0 Å². The molecule has 0 saturated heterocycles. The van der Waals surface area contributed by atoms with E-state index in [1.807, 2.05) is 0 Å². The summed E-state index contributed by atoms with van der Waals surface area (Å²) >= 11 is 0. The fraction of sp³-hybridized carbons (Fsp3) is 0.143. The van der Waals surface area contributed by atoms with Gasteiger partial charge in [0.25, 0.3) is 0 Å². The Bertz CT molecular complexity index is 530. The number of benzene rings is 2. The topological polar surface area (TPSA) is 26.0 Å². The first-order valence-electron chi connectivity index (χ1n) is 5.45. The van der Waals surface area contributed by atoms with Crippen LogP contribution in [-0.2, 0) is 0 Å². The minimum Gasteiger partial charge on any atom is -0.320 e. The zero-order valence-corrected chi connectivity index (χ0v) is 9.75. The zero-order valence-electron chi connectivity index (χ0n) is 9.75. The molecule has 4 heteroatoms. The summed E-state index contributed by atoms with van der Waals surface area (Å²) in [6, 6.07) is 6.65. The van der Waals surface area contributed by atoms with Crippen LogP contribution in [0.25, 0.3) is 0 Å². The fourth-order valence-corrected chi connectivity index (χ4v) is 1.81. The Hall–Kier alpha value is -1.81. The summed E-state index contributed by atoms with van der Waals surface area (Å²) in [6.45, 7) is 1.75. The van der Waals surface area contributed by atoms with Crippen molar-refractivity contribution in [3.63, 3.8) is 0 Å². The smallest absolute Gasteiger partial charge is 0.131 e. The third-order valence-corrected chi connectivity index (χ3v) is 2.79. The third kappa shape index (κ3) is 2.38. The Morgan fingerprint density at radius 1 is 0.889 bits per heavy atom. The highest BCUT2D eigenvalue weighted by Gasteiger charge is 2.17. The van der Waals surface area contributed by atoms with Gasteiger partial charge in [0, 0.05) is 17.2 Å². The minimum atomic E-state index is -0.953. The summed E-state index contributed by atoms with van der Waals surface area (Å²) < 4.78 is 40.1. The standard InChI is InChI=1S/C14H12F3N/c1-8-2-4-10(12(16)6-8)14(18)11-5-3-9(15)7-13(11)17/h2-7,14H,18H2,1H3. The van der Waals surface area contributed by atoms with Gasteiger partial charge in [0.15, 0.2) is 0 Å². The average molecular weight is 251 g/mol. The molecule has 0 aromatic heterocycles. The van der Waals surface area contributed by atoms with Crippen molar-refractivity contribution in [3.8, 4) is 0 Å². The molecule has 2 rings (SSSR count). The van der Waals surface area contributed by atoms with Gasteiger partial charge in [0.05, 0.1) is 6.04 Å². The molecule has 0 aliphatic rings. The molecule has 0 bridgehead atoms. The Morgan fingerprint density at radius 3 is 2.00 bits per heavy atom. The van der Waals surface area contributed by atoms with Gasteiger partial charge in [-0.15, -0.1) is 0 Å². The van der Waals surface area contributed by atoms with Crippen LogP contribution in [0.15, 0.2) is 36.4 Å². The second-order valence-corrected chi connectivity index (χ2v) is 4.17. The molecule has 0 saturated carbocycles. The molecule has 0 radical (unpaired) electrons. The lowest BCUT2D eigenvalue weighted by molar-refractivity contribution is 0.556. The Kier molecular flexibility index (Phi) is 3.39. The van der Waals surface area contributed by atoms with Crippen molar-refractivity contribution in [3.05, 3.63) is 70.5 Å². The lowest BCUT2D eigenvalue weighted by atomic mass is 9.97. The summed E-state index contributed by atoms with van der Waals surface area (Å²) in [5.74, 6) is -1.96. The molecule has 18 heavy (non-hydrogen) atoms. The van der Waals surface area contributed by atoms with Crippen molar-refractivity contribution in [1.29, 1.82) is 0 Å². The maximum Gasteiger partial charge on any atom is 0.131 e. The SMILES string of the molecule is Cc1ccc(C(N)c2ccc(F)cc2F)c(F)c1. The molecule has 0 aliphatic carbocycles. The molecule has 2 aromatic rings. The van der Waals surface area contributed by atoms with Crippen molar-refractivity contribution < 1.29 is 13.2 Å². The quantitative estimate of drug-likeness (QED) is 0.869. The van der Waals surface area contributed by atoms with Crippen LogP contribution in [0.1, 0.15) is 22.7 Å². The zero-order chi connectivity index (χ0) is 13.3. The fourth-order valence-electron chi connectivity index (χ4n) is 1.81. The van der Waals surface area contributed by atoms with Crippen LogP contribution in [-0.4, -0.2) is 0 Å². The first-order valence-corrected chi connectivity index (χ1v) is 5.45. The van der Waals surface area contributed by atoms with Gasteiger partial charge in [0.2, 0.25) is 0 Å². The molecule has 2 N–H and O–H groups in total. The molecule has 94 valence electrons. The van der Waals surface area contributed by atoms with E-state index < -0.39 is 23.5 Å². The van der Waals surface area contributed by atoms with Crippen LogP contribution in [0.2, 0.25) is 0 Å². The number of hydrogen-bond acceptors (Lipinski definition) is 1. The highest BCUT2D eigenvalue weighted by atomic mass is 19.1. The molecule has 0 amide bonds. The lowest BCUT2D eigenvalue weighted by Gasteiger charge is -2.14. The molecule has 1 nitrogen and oxygen atoms in total. The number of rotatable bonds is 2. The predicted molar refractivity (Wildman–Crippen MR) is 63.5 cm³/mol. The van der Waals surface area contributed by atoms with Crippen molar-refractivity contribution in [1.82, 2.24) is 0 Å². The van der Waals surface area contributed by atoms with E-state index in [0.717, 1.165) is 17.7 Å². The largest absolute Gasteiger partial charge is 0.320 e. The van der Waals surface area contributed by atoms with Gasteiger partial charge < -0.3 is 5.73 Å². The number of hydrogen-bond donors (Lipinski definition) is 1. The number of halogens is 3. The maximum absolute atomic E-state index is 13.7. The molecule has 0 fully saturated rings. The maximum atomic E-state index is 13.7. The Labute approximate surface area is 103 Å². The second kappa shape index (κ2) is 4.82. The van der Waals surface area contributed by atoms with Crippen molar-refractivity contribution >= 4 is 0 Å². The Morgan fingerprint density at radius 2 is 1.44 bits per heavy atom. The summed E-state index contributed by atoms with van der Waals surface area (Å²) in [4.78, 5) is 0. The highest BCUT2D eigenvalue weighted by Crippen LogP contribution is 2.25. The average Bonchev–Trinajstić information content (AvgIpc) is 2.28. The van der Waals surface area contributed by atoms with Crippen LogP contribution in [0.4, 0.5) is 13.2 Å². The first kappa shape index (κ1) is 12.6. The monoisotopic (exact) mass is 251 g/mol. The first-order chi connectivity index (χ1) is 8.49. The molecule has 1 unspecified atom stereocenters. The lowest BCUT2D eigenvalue weighted by Crippen LogP contribution is -2.15. The predicted octanol–water partition coefficient (Wildman–Crippen LogP) is 3.46. The van der Waals surface area contributed by atoms with Crippen molar-refractivity contribution in [2.24, 2.45) is 5.73 Å². The molecule has 0 spiro atoms. The van der Waals surface area contributed by atoms with Crippen LogP contribution in [0, 0.1) is 24.4 Å². The normalized spacial score (nSPS) is 12.5. The highest BCUT2D eigenvalue weighted by molar-refractivity contribution is 5.34. The Balaban J connectivity index is 2.44. The summed E-state index contributed by atoms with van der Waals surface area (Å²) in [5, 5.41) is 0. The number of nitrogens with two attached hydrogens (primary N) is 1. The van der Waals surface area contributed by atoms with E-state index in [-0.39, 0.29) is 11.1 Å². The summed E-state index contributed by atoms with van der Waals surface area (Å²) in [7, 11) is 0. The van der Waals surface area contributed by atoms with E-state index >= 15 is 0 Å². The third-order valence-electron chi connectivity index (χ3n) is 2.79. The van der Waals surface area contributed by atoms with E-state index in [2.05, 4.69) is 0 Å². The van der Waals surface area contributed by atoms with Crippen LogP contribution in [0.3, 0.4) is 0 Å². The van der Waals surface area contributed by atoms with E-state index in [0.29, 0.717) is 0 Å². The van der Waals surface area contributed by atoms with Crippen LogP contribution >= 0.6 is 0 Å². The van der Waals surface area contributed by atoms with Gasteiger partial charge in [-0.3, -0.25) is 0 Å². The van der Waals surface area contributed by atoms with Gasteiger partial charge in [-0.25, -0.2) is 13.2 Å². The number of aryl methyl sites for hydroxylation is 1. The summed E-state index contributed by atoms with van der Waals surface area (Å²) in [6.07, 6.45) is 0. The molecule has 2 aromatic carbocycles. The summed E-state index contributed by atoms with van der Waals surface area (Å²) in [5.41, 5.74) is 6.82. The van der Waals surface area contributed by atoms with Gasteiger partial charge in [0.1, 0.15) is 17.5 Å². The van der Waals surface area contributed by atoms with E-state index in [1.165, 1.54) is 18.2 Å². The van der Waals surface area contributed by atoms with E-state index in [4.69, 9.17) is 5.73 Å². The molecule has 0 aliphatic heterocycles. The van der Waals surface area contributed by atoms with Crippen LogP contribution < -0.4 is 5.73 Å².